The molecule has 0 fully saturated rings. The number of nitrogens with zero attached hydrogens (tertiary/aromatic N) is 3. The van der Waals surface area contributed by atoms with E-state index in [0.717, 1.165) is 25.3 Å². The molecule has 3 N–H and O–H groups in total. The molecule has 0 saturated carbocycles. The Bertz CT molecular complexity index is 483. The Morgan fingerprint density at radius 3 is 2.89 bits per heavy atom. The molecule has 2 aromatic heterocycles. The van der Waals surface area contributed by atoms with Crippen molar-refractivity contribution < 1.29 is 0 Å². The molecule has 0 aliphatic heterocycles. The van der Waals surface area contributed by atoms with Crippen LogP contribution in [0.2, 0.25) is 0 Å². The van der Waals surface area contributed by atoms with Crippen LogP contribution in [0.25, 0.3) is 0 Å². The molecule has 98 valence electrons. The molecule has 0 bridgehead atoms. The van der Waals surface area contributed by atoms with E-state index in [2.05, 4.69) is 35.5 Å². The van der Waals surface area contributed by atoms with Gasteiger partial charge in [0.05, 0.1) is 12.2 Å². The molecule has 2 rings (SSSR count). The van der Waals surface area contributed by atoms with Crippen molar-refractivity contribution in [3.05, 3.63) is 33.3 Å². The number of aromatic nitrogens is 3. The smallest absolute Gasteiger partial charge is 0.0962 e. The van der Waals surface area contributed by atoms with Gasteiger partial charge in [-0.3, -0.25) is 4.68 Å². The first kappa shape index (κ1) is 13.2. The van der Waals surface area contributed by atoms with Crippen LogP contribution < -0.4 is 11.1 Å². The molecule has 0 spiro atoms. The molecule has 18 heavy (non-hydrogen) atoms. The van der Waals surface area contributed by atoms with Crippen molar-refractivity contribution in [2.24, 2.45) is 5.73 Å². The first-order valence-electron chi connectivity index (χ1n) is 6.04. The lowest BCUT2D eigenvalue weighted by Gasteiger charge is -2.02. The highest BCUT2D eigenvalue weighted by atomic mass is 32.1. The largest absolute Gasteiger partial charge is 0.325 e. The lowest BCUT2D eigenvalue weighted by molar-refractivity contribution is 0.541. The van der Waals surface area contributed by atoms with Gasteiger partial charge in [-0.15, -0.1) is 16.4 Å². The quantitative estimate of drug-likeness (QED) is 0.770. The van der Waals surface area contributed by atoms with E-state index >= 15 is 0 Å². The van der Waals surface area contributed by atoms with E-state index < -0.39 is 0 Å². The Morgan fingerprint density at radius 1 is 1.44 bits per heavy atom. The topological polar surface area (TPSA) is 68.8 Å². The van der Waals surface area contributed by atoms with Crippen LogP contribution in [-0.4, -0.2) is 21.5 Å². The Balaban J connectivity index is 1.72. The van der Waals surface area contributed by atoms with E-state index in [1.807, 2.05) is 22.2 Å². The molecule has 2 aromatic rings. The second kappa shape index (κ2) is 6.08. The molecular formula is C12H19N5S. The molecule has 5 nitrogen and oxygen atoms in total. The molecule has 6 heteroatoms. The zero-order valence-electron chi connectivity index (χ0n) is 10.8. The van der Waals surface area contributed by atoms with E-state index in [9.17, 15) is 0 Å². The number of hydrogen-bond acceptors (Lipinski definition) is 5. The molecule has 0 aliphatic carbocycles. The molecule has 0 atom stereocenters. The summed E-state index contributed by atoms with van der Waals surface area (Å²) in [6.07, 6.45) is 1.89. The van der Waals surface area contributed by atoms with Crippen LogP contribution in [0.4, 0.5) is 0 Å². The first-order chi connectivity index (χ1) is 8.69. The standard InChI is InChI=1S/C12H19N5S/c1-9-5-12(18-10(9)2)7-14-3-4-17-8-11(6-13)15-16-17/h5,8,14H,3-4,6-7,13H2,1-2H3. The maximum atomic E-state index is 5.48. The number of rotatable bonds is 6. The van der Waals surface area contributed by atoms with Gasteiger partial charge < -0.3 is 11.1 Å². The lowest BCUT2D eigenvalue weighted by Crippen LogP contribution is -2.19. The van der Waals surface area contributed by atoms with E-state index in [4.69, 9.17) is 5.73 Å². The molecule has 0 aromatic carbocycles. The van der Waals surface area contributed by atoms with Crippen molar-refractivity contribution in [1.82, 2.24) is 20.3 Å². The number of thiophene rings is 1. The molecular weight excluding hydrogens is 246 g/mol. The molecule has 0 saturated heterocycles. The van der Waals surface area contributed by atoms with Gasteiger partial charge in [-0.05, 0) is 25.5 Å². The fourth-order valence-corrected chi connectivity index (χ4v) is 2.71. The maximum Gasteiger partial charge on any atom is 0.0962 e. The van der Waals surface area contributed by atoms with Crippen LogP contribution in [0.3, 0.4) is 0 Å². The molecule has 0 amide bonds. The average Bonchev–Trinajstić information content (AvgIpc) is 2.93. The summed E-state index contributed by atoms with van der Waals surface area (Å²) in [5, 5.41) is 11.4. The average molecular weight is 265 g/mol. The number of hydrogen-bond donors (Lipinski definition) is 2. The van der Waals surface area contributed by atoms with Gasteiger partial charge in [0, 0.05) is 35.6 Å². The second-order valence-electron chi connectivity index (χ2n) is 4.31. The van der Waals surface area contributed by atoms with E-state index in [0.29, 0.717) is 6.54 Å². The van der Waals surface area contributed by atoms with Crippen molar-refractivity contribution in [2.45, 2.75) is 33.5 Å². The molecule has 2 heterocycles. The first-order valence-corrected chi connectivity index (χ1v) is 6.86. The van der Waals surface area contributed by atoms with E-state index in [1.165, 1.54) is 15.3 Å². The fourth-order valence-electron chi connectivity index (χ4n) is 1.68. The van der Waals surface area contributed by atoms with Gasteiger partial charge >= 0.3 is 0 Å². The van der Waals surface area contributed by atoms with Crippen molar-refractivity contribution in [2.75, 3.05) is 6.54 Å². The van der Waals surface area contributed by atoms with Gasteiger partial charge in [0.2, 0.25) is 0 Å². The lowest BCUT2D eigenvalue weighted by atomic mass is 10.3. The number of nitrogens with two attached hydrogens (primary N) is 1. The maximum absolute atomic E-state index is 5.48. The van der Waals surface area contributed by atoms with Crippen LogP contribution >= 0.6 is 11.3 Å². The van der Waals surface area contributed by atoms with Crippen LogP contribution in [-0.2, 0) is 19.6 Å². The fraction of sp³-hybridized carbons (Fsp3) is 0.500. The monoisotopic (exact) mass is 265 g/mol. The van der Waals surface area contributed by atoms with Gasteiger partial charge in [0.25, 0.3) is 0 Å². The van der Waals surface area contributed by atoms with Crippen LogP contribution in [0.5, 0.6) is 0 Å². The molecule has 0 radical (unpaired) electrons. The predicted molar refractivity (Wildman–Crippen MR) is 73.4 cm³/mol. The Labute approximate surface area is 111 Å². The summed E-state index contributed by atoms with van der Waals surface area (Å²) in [5.74, 6) is 0. The normalized spacial score (nSPS) is 11.1. The minimum Gasteiger partial charge on any atom is -0.325 e. The summed E-state index contributed by atoms with van der Waals surface area (Å²) in [6, 6.07) is 2.25. The third-order valence-electron chi connectivity index (χ3n) is 2.83. The number of nitrogens with one attached hydrogen (secondary N) is 1. The summed E-state index contributed by atoms with van der Waals surface area (Å²) in [5.41, 5.74) is 7.69. The van der Waals surface area contributed by atoms with E-state index in [-0.39, 0.29) is 0 Å². The van der Waals surface area contributed by atoms with Gasteiger partial charge in [-0.2, -0.15) is 0 Å². The summed E-state index contributed by atoms with van der Waals surface area (Å²) in [4.78, 5) is 2.78. The third kappa shape index (κ3) is 3.38. The SMILES string of the molecule is Cc1cc(CNCCn2cc(CN)nn2)sc1C. The predicted octanol–water partition coefficient (Wildman–Crippen LogP) is 1.20. The van der Waals surface area contributed by atoms with E-state index in [1.54, 1.807) is 0 Å². The van der Waals surface area contributed by atoms with Crippen LogP contribution in [0, 0.1) is 13.8 Å². The van der Waals surface area contributed by atoms with Crippen molar-refractivity contribution >= 4 is 11.3 Å². The highest BCUT2D eigenvalue weighted by Crippen LogP contribution is 2.19. The Morgan fingerprint density at radius 2 is 2.28 bits per heavy atom. The summed E-state index contributed by atoms with van der Waals surface area (Å²) in [7, 11) is 0. The highest BCUT2D eigenvalue weighted by Gasteiger charge is 2.01. The Kier molecular flexibility index (Phi) is 4.46. The van der Waals surface area contributed by atoms with Crippen LogP contribution in [0.15, 0.2) is 12.3 Å². The minimum absolute atomic E-state index is 0.446. The number of aryl methyl sites for hydroxylation is 2. The molecule has 0 aliphatic rings. The summed E-state index contributed by atoms with van der Waals surface area (Å²) < 4.78 is 1.82. The van der Waals surface area contributed by atoms with Gasteiger partial charge in [-0.25, -0.2) is 0 Å². The van der Waals surface area contributed by atoms with Crippen LogP contribution in [0.1, 0.15) is 21.0 Å². The second-order valence-corrected chi connectivity index (χ2v) is 5.65. The van der Waals surface area contributed by atoms with Gasteiger partial charge in [0.15, 0.2) is 0 Å². The summed E-state index contributed by atoms with van der Waals surface area (Å²) >= 11 is 1.85. The van der Waals surface area contributed by atoms with Crippen molar-refractivity contribution in [3.63, 3.8) is 0 Å². The minimum atomic E-state index is 0.446. The van der Waals surface area contributed by atoms with Crippen molar-refractivity contribution in [1.29, 1.82) is 0 Å². The summed E-state index contributed by atoms with van der Waals surface area (Å²) in [6.45, 7) is 7.37. The Hall–Kier alpha value is -1.24. The van der Waals surface area contributed by atoms with Crippen molar-refractivity contribution in [3.8, 4) is 0 Å². The van der Waals surface area contributed by atoms with Gasteiger partial charge in [0.1, 0.15) is 0 Å². The zero-order chi connectivity index (χ0) is 13.0. The zero-order valence-corrected chi connectivity index (χ0v) is 11.6. The third-order valence-corrected chi connectivity index (χ3v) is 3.98. The van der Waals surface area contributed by atoms with Gasteiger partial charge in [-0.1, -0.05) is 5.21 Å². The highest BCUT2D eigenvalue weighted by molar-refractivity contribution is 7.12. The molecule has 0 unspecified atom stereocenters.